The topological polar surface area (TPSA) is 58.4 Å². The van der Waals surface area contributed by atoms with Gasteiger partial charge in [0.15, 0.2) is 0 Å². The lowest BCUT2D eigenvalue weighted by Crippen LogP contribution is -2.48. The maximum atomic E-state index is 12.4. The molecule has 1 atom stereocenters. The Morgan fingerprint density at radius 2 is 1.75 bits per heavy atom. The molecule has 1 unspecified atom stereocenters. The number of nitrogens with zero attached hydrogens (tertiary/aromatic N) is 1. The number of hydrogen-bond acceptors (Lipinski definition) is 3. The first-order chi connectivity index (χ1) is 9.49. The number of carbonyl (C=O) groups is 1. The Bertz CT molecular complexity index is 252. The van der Waals surface area contributed by atoms with E-state index in [0.29, 0.717) is 6.54 Å². The Labute approximate surface area is 125 Å². The van der Waals surface area contributed by atoms with E-state index in [9.17, 15) is 4.79 Å². The zero-order valence-corrected chi connectivity index (χ0v) is 14.2. The average Bonchev–Trinajstić information content (AvgIpc) is 2.46. The van der Waals surface area contributed by atoms with E-state index in [-0.39, 0.29) is 17.4 Å². The zero-order valence-electron chi connectivity index (χ0n) is 14.2. The normalized spacial score (nSPS) is 13.6. The predicted molar refractivity (Wildman–Crippen MR) is 86.7 cm³/mol. The summed E-state index contributed by atoms with van der Waals surface area (Å²) in [4.78, 5) is 14.8. The second kappa shape index (κ2) is 10.2. The SMILES string of the molecule is CCN(CC)CCCC(C)NC(=O)C(CC)(CC)CN. The molecule has 0 aliphatic carbocycles. The molecule has 0 aromatic carbocycles. The molecule has 1 amide bonds. The van der Waals surface area contributed by atoms with Crippen LogP contribution in [-0.4, -0.2) is 43.0 Å². The standard InChI is InChI=1S/C16H35N3O/c1-6-16(7-2,13-17)15(20)18-14(5)11-10-12-19(8-3)9-4/h14H,6-13,17H2,1-5H3,(H,18,20). The van der Waals surface area contributed by atoms with Crippen molar-refractivity contribution in [2.24, 2.45) is 11.1 Å². The maximum absolute atomic E-state index is 12.4. The summed E-state index contributed by atoms with van der Waals surface area (Å²) in [6.07, 6.45) is 3.75. The molecule has 0 radical (unpaired) electrons. The largest absolute Gasteiger partial charge is 0.353 e. The minimum absolute atomic E-state index is 0.125. The van der Waals surface area contributed by atoms with Crippen LogP contribution in [0.5, 0.6) is 0 Å². The zero-order chi connectivity index (χ0) is 15.6. The number of nitrogens with one attached hydrogen (secondary N) is 1. The molecule has 0 rings (SSSR count). The molecule has 0 saturated heterocycles. The molecule has 0 fully saturated rings. The fourth-order valence-corrected chi connectivity index (χ4v) is 2.56. The summed E-state index contributed by atoms with van der Waals surface area (Å²) in [6, 6.07) is 0.224. The lowest BCUT2D eigenvalue weighted by Gasteiger charge is -2.30. The molecule has 4 heteroatoms. The highest BCUT2D eigenvalue weighted by Gasteiger charge is 2.33. The van der Waals surface area contributed by atoms with Crippen molar-refractivity contribution in [1.82, 2.24) is 10.2 Å². The lowest BCUT2D eigenvalue weighted by atomic mass is 9.81. The van der Waals surface area contributed by atoms with E-state index < -0.39 is 0 Å². The molecule has 120 valence electrons. The molecule has 3 N–H and O–H groups in total. The Balaban J connectivity index is 4.19. The molecular formula is C16H35N3O. The summed E-state index contributed by atoms with van der Waals surface area (Å²) in [5.74, 6) is 0.125. The van der Waals surface area contributed by atoms with Gasteiger partial charge in [-0.25, -0.2) is 0 Å². The minimum Gasteiger partial charge on any atom is -0.353 e. The molecule has 20 heavy (non-hydrogen) atoms. The number of amides is 1. The van der Waals surface area contributed by atoms with Crippen molar-refractivity contribution in [1.29, 1.82) is 0 Å². The molecule has 0 spiro atoms. The van der Waals surface area contributed by atoms with E-state index >= 15 is 0 Å². The van der Waals surface area contributed by atoms with Gasteiger partial charge in [-0.05, 0) is 52.2 Å². The quantitative estimate of drug-likeness (QED) is 0.613. The van der Waals surface area contributed by atoms with E-state index in [4.69, 9.17) is 5.73 Å². The highest BCUT2D eigenvalue weighted by atomic mass is 16.2. The van der Waals surface area contributed by atoms with Crippen molar-refractivity contribution in [2.45, 2.75) is 66.3 Å². The van der Waals surface area contributed by atoms with E-state index in [0.717, 1.165) is 45.3 Å². The Hall–Kier alpha value is -0.610. The maximum Gasteiger partial charge on any atom is 0.227 e. The number of carbonyl (C=O) groups excluding carboxylic acids is 1. The first-order valence-corrected chi connectivity index (χ1v) is 8.22. The fourth-order valence-electron chi connectivity index (χ4n) is 2.56. The summed E-state index contributed by atoms with van der Waals surface area (Å²) < 4.78 is 0. The van der Waals surface area contributed by atoms with Crippen LogP contribution < -0.4 is 11.1 Å². The first kappa shape index (κ1) is 19.4. The van der Waals surface area contributed by atoms with Crippen LogP contribution >= 0.6 is 0 Å². The monoisotopic (exact) mass is 285 g/mol. The van der Waals surface area contributed by atoms with Crippen molar-refractivity contribution >= 4 is 5.91 Å². The second-order valence-electron chi connectivity index (χ2n) is 5.74. The molecule has 0 aromatic heterocycles. The summed E-state index contributed by atoms with van der Waals surface area (Å²) >= 11 is 0. The van der Waals surface area contributed by atoms with Gasteiger partial charge in [0.2, 0.25) is 5.91 Å². The van der Waals surface area contributed by atoms with Crippen molar-refractivity contribution < 1.29 is 4.79 Å². The van der Waals surface area contributed by atoms with Crippen LogP contribution in [0.2, 0.25) is 0 Å². The van der Waals surface area contributed by atoms with E-state index in [2.05, 4.69) is 31.0 Å². The summed E-state index contributed by atoms with van der Waals surface area (Å²) in [5, 5.41) is 3.15. The molecule has 0 bridgehead atoms. The van der Waals surface area contributed by atoms with Crippen LogP contribution in [0.1, 0.15) is 60.3 Å². The number of rotatable bonds is 11. The summed E-state index contributed by atoms with van der Waals surface area (Å²) in [7, 11) is 0. The third kappa shape index (κ3) is 5.80. The summed E-state index contributed by atoms with van der Waals surface area (Å²) in [5.41, 5.74) is 5.43. The van der Waals surface area contributed by atoms with Crippen LogP contribution in [0.15, 0.2) is 0 Å². The molecule has 0 aliphatic heterocycles. The van der Waals surface area contributed by atoms with Gasteiger partial charge in [-0.2, -0.15) is 0 Å². The molecule has 4 nitrogen and oxygen atoms in total. The highest BCUT2D eigenvalue weighted by molar-refractivity contribution is 5.83. The average molecular weight is 285 g/mol. The van der Waals surface area contributed by atoms with Gasteiger partial charge >= 0.3 is 0 Å². The molecular weight excluding hydrogens is 250 g/mol. The van der Waals surface area contributed by atoms with Crippen molar-refractivity contribution in [3.05, 3.63) is 0 Å². The van der Waals surface area contributed by atoms with Gasteiger partial charge in [-0.3, -0.25) is 4.79 Å². The van der Waals surface area contributed by atoms with Gasteiger partial charge in [0, 0.05) is 12.6 Å². The molecule has 0 saturated carbocycles. The van der Waals surface area contributed by atoms with Crippen molar-refractivity contribution in [3.8, 4) is 0 Å². The van der Waals surface area contributed by atoms with Gasteiger partial charge in [-0.1, -0.05) is 27.7 Å². The first-order valence-electron chi connectivity index (χ1n) is 8.22. The van der Waals surface area contributed by atoms with Crippen molar-refractivity contribution in [2.75, 3.05) is 26.2 Å². The minimum atomic E-state index is -0.382. The molecule has 0 aromatic rings. The number of nitrogens with two attached hydrogens (primary N) is 1. The highest BCUT2D eigenvalue weighted by Crippen LogP contribution is 2.25. The second-order valence-corrected chi connectivity index (χ2v) is 5.74. The fraction of sp³-hybridized carbons (Fsp3) is 0.938. The van der Waals surface area contributed by atoms with Crippen molar-refractivity contribution in [3.63, 3.8) is 0 Å². The lowest BCUT2D eigenvalue weighted by molar-refractivity contribution is -0.131. The Kier molecular flexibility index (Phi) is 9.86. The smallest absolute Gasteiger partial charge is 0.227 e. The van der Waals surface area contributed by atoms with Gasteiger partial charge in [0.25, 0.3) is 0 Å². The van der Waals surface area contributed by atoms with Gasteiger partial charge in [0.05, 0.1) is 5.41 Å². The van der Waals surface area contributed by atoms with Crippen LogP contribution in [0.25, 0.3) is 0 Å². The van der Waals surface area contributed by atoms with Crippen LogP contribution in [-0.2, 0) is 4.79 Å². The molecule has 0 aliphatic rings. The van der Waals surface area contributed by atoms with E-state index in [1.54, 1.807) is 0 Å². The van der Waals surface area contributed by atoms with Gasteiger partial charge < -0.3 is 16.0 Å². The van der Waals surface area contributed by atoms with Gasteiger partial charge in [0.1, 0.15) is 0 Å². The summed E-state index contributed by atoms with van der Waals surface area (Å²) in [6.45, 7) is 14.3. The Morgan fingerprint density at radius 3 is 2.15 bits per heavy atom. The van der Waals surface area contributed by atoms with Crippen LogP contribution in [0, 0.1) is 5.41 Å². The third-order valence-electron chi connectivity index (χ3n) is 4.61. The van der Waals surface area contributed by atoms with Gasteiger partial charge in [-0.15, -0.1) is 0 Å². The van der Waals surface area contributed by atoms with E-state index in [1.165, 1.54) is 0 Å². The van der Waals surface area contributed by atoms with Crippen LogP contribution in [0.3, 0.4) is 0 Å². The predicted octanol–water partition coefficient (Wildman–Crippen LogP) is 2.38. The molecule has 0 heterocycles. The van der Waals surface area contributed by atoms with E-state index in [1.807, 2.05) is 13.8 Å². The van der Waals surface area contributed by atoms with Crippen LogP contribution in [0.4, 0.5) is 0 Å². The third-order valence-corrected chi connectivity index (χ3v) is 4.61. The Morgan fingerprint density at radius 1 is 1.20 bits per heavy atom. The number of hydrogen-bond donors (Lipinski definition) is 2.